The first-order valence-corrected chi connectivity index (χ1v) is 7.59. The van der Waals surface area contributed by atoms with E-state index >= 15 is 0 Å². The van der Waals surface area contributed by atoms with Gasteiger partial charge in [0.25, 0.3) is 0 Å². The maximum atomic E-state index is 5.70. The molecule has 1 heterocycles. The molecule has 0 amide bonds. The standard InChI is InChI=1S/C13H24BrN3O3/c1-5-19-13(20-6-2)11(15-3)12-10(14)9-16-17(12)7-8-18-4/h9,11,13,15H,5-8H2,1-4H3. The smallest absolute Gasteiger partial charge is 0.178 e. The minimum absolute atomic E-state index is 0.108. The molecule has 0 aromatic carbocycles. The Balaban J connectivity index is 2.99. The van der Waals surface area contributed by atoms with Crippen molar-refractivity contribution in [1.29, 1.82) is 0 Å². The van der Waals surface area contributed by atoms with Gasteiger partial charge in [-0.2, -0.15) is 5.10 Å². The van der Waals surface area contributed by atoms with Crippen molar-refractivity contribution in [3.8, 4) is 0 Å². The van der Waals surface area contributed by atoms with E-state index in [9.17, 15) is 0 Å². The zero-order chi connectivity index (χ0) is 15.0. The fourth-order valence-corrected chi connectivity index (χ4v) is 2.55. The molecule has 1 N–H and O–H groups in total. The number of hydrogen-bond donors (Lipinski definition) is 1. The Hall–Kier alpha value is -0.470. The van der Waals surface area contributed by atoms with E-state index in [-0.39, 0.29) is 12.3 Å². The number of halogens is 1. The Morgan fingerprint density at radius 2 is 2.00 bits per heavy atom. The predicted octanol–water partition coefficient (Wildman–Crippen LogP) is 1.95. The van der Waals surface area contributed by atoms with E-state index in [1.807, 2.05) is 25.6 Å². The summed E-state index contributed by atoms with van der Waals surface area (Å²) >= 11 is 3.55. The van der Waals surface area contributed by atoms with Gasteiger partial charge in [0.15, 0.2) is 6.29 Å². The summed E-state index contributed by atoms with van der Waals surface area (Å²) in [6, 6.07) is -0.108. The third-order valence-corrected chi connectivity index (χ3v) is 3.49. The molecule has 0 aliphatic carbocycles. The molecule has 1 aromatic heterocycles. The fourth-order valence-electron chi connectivity index (χ4n) is 2.01. The molecule has 0 bridgehead atoms. The molecule has 1 atom stereocenters. The number of likely N-dealkylation sites (N-methyl/N-ethyl adjacent to an activating group) is 1. The van der Waals surface area contributed by atoms with Gasteiger partial charge in [-0.15, -0.1) is 0 Å². The molecule has 116 valence electrons. The lowest BCUT2D eigenvalue weighted by Gasteiger charge is -2.27. The summed E-state index contributed by atoms with van der Waals surface area (Å²) in [5, 5.41) is 7.61. The average molecular weight is 350 g/mol. The monoisotopic (exact) mass is 349 g/mol. The Morgan fingerprint density at radius 3 is 2.50 bits per heavy atom. The van der Waals surface area contributed by atoms with Crippen molar-refractivity contribution in [2.45, 2.75) is 32.7 Å². The summed E-state index contributed by atoms with van der Waals surface area (Å²) < 4.78 is 19.3. The van der Waals surface area contributed by atoms with E-state index in [2.05, 4.69) is 26.3 Å². The summed E-state index contributed by atoms with van der Waals surface area (Å²) in [5.41, 5.74) is 0.997. The Kier molecular flexibility index (Phi) is 8.32. The maximum Gasteiger partial charge on any atom is 0.178 e. The molecule has 0 aliphatic heterocycles. The summed E-state index contributed by atoms with van der Waals surface area (Å²) in [6.07, 6.45) is 1.42. The quantitative estimate of drug-likeness (QED) is 0.654. The molecule has 7 heteroatoms. The summed E-state index contributed by atoms with van der Waals surface area (Å²) in [7, 11) is 3.56. The molecule has 1 rings (SSSR count). The Labute approximate surface area is 128 Å². The lowest BCUT2D eigenvalue weighted by molar-refractivity contribution is -0.155. The second kappa shape index (κ2) is 9.46. The van der Waals surface area contributed by atoms with Crippen molar-refractivity contribution in [2.75, 3.05) is 34.0 Å². The second-order valence-corrected chi connectivity index (χ2v) is 4.99. The lowest BCUT2D eigenvalue weighted by atomic mass is 10.2. The average Bonchev–Trinajstić information content (AvgIpc) is 2.80. The highest BCUT2D eigenvalue weighted by molar-refractivity contribution is 9.10. The first kappa shape index (κ1) is 17.6. The normalized spacial score (nSPS) is 13.1. The number of nitrogens with zero attached hydrogens (tertiary/aromatic N) is 2. The molecule has 0 saturated heterocycles. The topological polar surface area (TPSA) is 57.5 Å². The van der Waals surface area contributed by atoms with Gasteiger partial charge in [0, 0.05) is 20.3 Å². The number of methoxy groups -OCH3 is 1. The Bertz CT molecular complexity index is 381. The summed E-state index contributed by atoms with van der Waals surface area (Å²) in [6.45, 7) is 6.37. The zero-order valence-corrected chi connectivity index (χ0v) is 14.1. The van der Waals surface area contributed by atoms with E-state index in [1.165, 1.54) is 0 Å². The minimum Gasteiger partial charge on any atom is -0.383 e. The summed E-state index contributed by atoms with van der Waals surface area (Å²) in [4.78, 5) is 0. The highest BCUT2D eigenvalue weighted by Crippen LogP contribution is 2.27. The molecule has 0 aliphatic rings. The number of rotatable bonds is 10. The van der Waals surface area contributed by atoms with Gasteiger partial charge >= 0.3 is 0 Å². The molecule has 0 saturated carbocycles. The molecule has 0 fully saturated rings. The van der Waals surface area contributed by atoms with Crippen LogP contribution in [-0.2, 0) is 20.8 Å². The van der Waals surface area contributed by atoms with Crippen LogP contribution in [0.5, 0.6) is 0 Å². The van der Waals surface area contributed by atoms with Crippen molar-refractivity contribution in [3.05, 3.63) is 16.4 Å². The zero-order valence-electron chi connectivity index (χ0n) is 12.6. The van der Waals surface area contributed by atoms with Crippen LogP contribution < -0.4 is 5.32 Å². The van der Waals surface area contributed by atoms with Crippen LogP contribution in [0.1, 0.15) is 25.6 Å². The van der Waals surface area contributed by atoms with Gasteiger partial charge in [0.05, 0.1) is 29.5 Å². The Morgan fingerprint density at radius 1 is 1.35 bits per heavy atom. The maximum absolute atomic E-state index is 5.70. The van der Waals surface area contributed by atoms with Crippen LogP contribution in [0.4, 0.5) is 0 Å². The molecule has 1 unspecified atom stereocenters. The van der Waals surface area contributed by atoms with Gasteiger partial charge in [-0.05, 0) is 36.8 Å². The third-order valence-electron chi connectivity index (χ3n) is 2.88. The first-order valence-electron chi connectivity index (χ1n) is 6.80. The highest BCUT2D eigenvalue weighted by Gasteiger charge is 2.28. The number of aromatic nitrogens is 2. The van der Waals surface area contributed by atoms with Crippen molar-refractivity contribution in [2.24, 2.45) is 0 Å². The van der Waals surface area contributed by atoms with Gasteiger partial charge in [-0.3, -0.25) is 4.68 Å². The van der Waals surface area contributed by atoms with Crippen LogP contribution in [0, 0.1) is 0 Å². The molecule has 0 radical (unpaired) electrons. The van der Waals surface area contributed by atoms with Crippen molar-refractivity contribution in [1.82, 2.24) is 15.1 Å². The van der Waals surface area contributed by atoms with Gasteiger partial charge in [0.1, 0.15) is 6.04 Å². The largest absolute Gasteiger partial charge is 0.383 e. The molecular formula is C13H24BrN3O3. The third kappa shape index (κ3) is 4.53. The van der Waals surface area contributed by atoms with Crippen molar-refractivity contribution >= 4 is 15.9 Å². The first-order chi connectivity index (χ1) is 9.69. The SMILES string of the molecule is CCOC(OCC)C(NC)c1c(Br)cnn1CCOC. The van der Waals surface area contributed by atoms with Gasteiger partial charge in [-0.1, -0.05) is 0 Å². The van der Waals surface area contributed by atoms with E-state index in [1.54, 1.807) is 13.3 Å². The van der Waals surface area contributed by atoms with E-state index in [0.29, 0.717) is 26.4 Å². The molecule has 20 heavy (non-hydrogen) atoms. The predicted molar refractivity (Wildman–Crippen MR) is 80.6 cm³/mol. The van der Waals surface area contributed by atoms with E-state index in [0.717, 1.165) is 10.2 Å². The lowest BCUT2D eigenvalue weighted by Crippen LogP contribution is -2.36. The van der Waals surface area contributed by atoms with Crippen LogP contribution in [0.3, 0.4) is 0 Å². The van der Waals surface area contributed by atoms with Crippen molar-refractivity contribution in [3.63, 3.8) is 0 Å². The minimum atomic E-state index is -0.357. The van der Waals surface area contributed by atoms with Crippen LogP contribution in [0.2, 0.25) is 0 Å². The summed E-state index contributed by atoms with van der Waals surface area (Å²) in [5.74, 6) is 0. The van der Waals surface area contributed by atoms with Crippen molar-refractivity contribution < 1.29 is 14.2 Å². The van der Waals surface area contributed by atoms with E-state index in [4.69, 9.17) is 14.2 Å². The van der Waals surface area contributed by atoms with Crippen LogP contribution in [-0.4, -0.2) is 50.0 Å². The van der Waals surface area contributed by atoms with Gasteiger partial charge < -0.3 is 19.5 Å². The van der Waals surface area contributed by atoms with Gasteiger partial charge in [0.2, 0.25) is 0 Å². The van der Waals surface area contributed by atoms with Crippen LogP contribution in [0.25, 0.3) is 0 Å². The molecule has 1 aromatic rings. The number of nitrogens with one attached hydrogen (secondary N) is 1. The molecule has 0 spiro atoms. The van der Waals surface area contributed by atoms with Crippen LogP contribution in [0.15, 0.2) is 10.7 Å². The van der Waals surface area contributed by atoms with E-state index < -0.39 is 0 Å². The van der Waals surface area contributed by atoms with Gasteiger partial charge in [-0.25, -0.2) is 0 Å². The molecule has 6 nitrogen and oxygen atoms in total. The highest BCUT2D eigenvalue weighted by atomic mass is 79.9. The van der Waals surface area contributed by atoms with Crippen LogP contribution >= 0.6 is 15.9 Å². The molecular weight excluding hydrogens is 326 g/mol. The number of ether oxygens (including phenoxy) is 3. The number of hydrogen-bond acceptors (Lipinski definition) is 5. The fraction of sp³-hybridized carbons (Fsp3) is 0.769. The second-order valence-electron chi connectivity index (χ2n) is 4.14.